The van der Waals surface area contributed by atoms with E-state index in [9.17, 15) is 19.8 Å². The molecule has 0 heterocycles. The maximum atomic E-state index is 12.0. The Morgan fingerprint density at radius 2 is 1.29 bits per heavy atom. The van der Waals surface area contributed by atoms with E-state index in [1.54, 1.807) is 0 Å². The number of aliphatic hydroxyl groups excluding tert-OH is 4. The first-order valence-electron chi connectivity index (χ1n) is 7.10. The Bertz CT molecular complexity index is 523. The van der Waals surface area contributed by atoms with Crippen LogP contribution in [-0.2, 0) is 0 Å². The largest absolute Gasteiger partial charge is 0.394 e. The fraction of sp³-hybridized carbons (Fsp3) is 0.429. The first kappa shape index (κ1) is 19.8. The molecule has 2 unspecified atom stereocenters. The second-order valence-corrected chi connectivity index (χ2v) is 5.00. The van der Waals surface area contributed by atoms with Crippen molar-refractivity contribution in [2.45, 2.75) is 12.2 Å². The highest BCUT2D eigenvalue weighted by atomic mass is 16.5. The van der Waals surface area contributed by atoms with Crippen LogP contribution in [-0.4, -0.2) is 76.0 Å². The van der Waals surface area contributed by atoms with Gasteiger partial charge in [-0.3, -0.25) is 20.3 Å². The normalized spacial score (nSPS) is 13.0. The highest BCUT2D eigenvalue weighted by Gasteiger charge is 2.15. The SMILES string of the molecule is O=C(NCC(O)CO)c1cc(NO)cc(C(=O)NCC(O)CO)c1. The van der Waals surface area contributed by atoms with Crippen LogP contribution in [0.15, 0.2) is 18.2 Å². The van der Waals surface area contributed by atoms with Crippen molar-refractivity contribution in [3.8, 4) is 0 Å². The summed E-state index contributed by atoms with van der Waals surface area (Å²) in [6.45, 7) is -1.40. The van der Waals surface area contributed by atoms with Gasteiger partial charge in [0.15, 0.2) is 0 Å². The topological polar surface area (TPSA) is 171 Å². The van der Waals surface area contributed by atoms with Gasteiger partial charge in [-0.15, -0.1) is 0 Å². The molecule has 10 heteroatoms. The number of nitrogens with one attached hydrogen (secondary N) is 3. The van der Waals surface area contributed by atoms with Crippen LogP contribution in [0.4, 0.5) is 5.69 Å². The summed E-state index contributed by atoms with van der Waals surface area (Å²) in [5, 5.41) is 49.6. The summed E-state index contributed by atoms with van der Waals surface area (Å²) in [6, 6.07) is 3.81. The zero-order valence-electron chi connectivity index (χ0n) is 12.8. The number of carbonyl (C=O) groups is 2. The van der Waals surface area contributed by atoms with Crippen LogP contribution in [0.5, 0.6) is 0 Å². The lowest BCUT2D eigenvalue weighted by atomic mass is 10.1. The van der Waals surface area contributed by atoms with Gasteiger partial charge in [0.05, 0.1) is 31.1 Å². The summed E-state index contributed by atoms with van der Waals surface area (Å²) < 4.78 is 0. The molecule has 1 aromatic rings. The third kappa shape index (κ3) is 6.10. The summed E-state index contributed by atoms with van der Waals surface area (Å²) in [6.07, 6.45) is -2.23. The minimum atomic E-state index is -1.11. The second-order valence-electron chi connectivity index (χ2n) is 5.00. The van der Waals surface area contributed by atoms with E-state index in [0.29, 0.717) is 0 Å². The molecular weight excluding hydrogens is 322 g/mol. The molecule has 0 aromatic heterocycles. The van der Waals surface area contributed by atoms with Gasteiger partial charge in [0.25, 0.3) is 11.8 Å². The highest BCUT2D eigenvalue weighted by molar-refractivity contribution is 6.01. The van der Waals surface area contributed by atoms with E-state index in [0.717, 1.165) is 0 Å². The molecule has 0 radical (unpaired) electrons. The van der Waals surface area contributed by atoms with Gasteiger partial charge in [0.1, 0.15) is 0 Å². The number of amides is 2. The Balaban J connectivity index is 2.87. The quantitative estimate of drug-likeness (QED) is 0.230. The summed E-state index contributed by atoms with van der Waals surface area (Å²) in [5.41, 5.74) is 1.98. The molecule has 0 saturated carbocycles. The van der Waals surface area contributed by atoms with Crippen LogP contribution in [0.2, 0.25) is 0 Å². The lowest BCUT2D eigenvalue weighted by Crippen LogP contribution is -2.35. The Morgan fingerprint density at radius 1 is 0.875 bits per heavy atom. The van der Waals surface area contributed by atoms with Gasteiger partial charge in [-0.2, -0.15) is 0 Å². The van der Waals surface area contributed by atoms with Gasteiger partial charge in [-0.1, -0.05) is 0 Å². The van der Waals surface area contributed by atoms with E-state index in [4.69, 9.17) is 15.4 Å². The Hall–Kier alpha value is -2.24. The maximum absolute atomic E-state index is 12.0. The summed E-state index contributed by atoms with van der Waals surface area (Å²) in [7, 11) is 0. The molecule has 2 amide bonds. The summed E-state index contributed by atoms with van der Waals surface area (Å²) in [5.74, 6) is -1.24. The van der Waals surface area contributed by atoms with Crippen molar-refractivity contribution in [1.29, 1.82) is 0 Å². The van der Waals surface area contributed by atoms with Gasteiger partial charge in [-0.05, 0) is 18.2 Å². The van der Waals surface area contributed by atoms with E-state index in [1.807, 2.05) is 5.48 Å². The highest BCUT2D eigenvalue weighted by Crippen LogP contribution is 2.15. The summed E-state index contributed by atoms with van der Waals surface area (Å²) >= 11 is 0. The van der Waals surface area contributed by atoms with E-state index in [2.05, 4.69) is 10.6 Å². The van der Waals surface area contributed by atoms with Crippen LogP contribution >= 0.6 is 0 Å². The molecule has 0 saturated heterocycles. The zero-order valence-corrected chi connectivity index (χ0v) is 12.8. The molecule has 1 aromatic carbocycles. The van der Waals surface area contributed by atoms with Crippen molar-refractivity contribution >= 4 is 17.5 Å². The number of carbonyl (C=O) groups excluding carboxylic acids is 2. The number of aliphatic hydroxyl groups is 4. The van der Waals surface area contributed by atoms with Gasteiger partial charge < -0.3 is 31.1 Å². The van der Waals surface area contributed by atoms with Crippen molar-refractivity contribution < 1.29 is 35.2 Å². The number of rotatable bonds is 9. The van der Waals surface area contributed by atoms with Crippen LogP contribution in [0, 0.1) is 0 Å². The minimum absolute atomic E-state index is 0.0343. The average Bonchev–Trinajstić information content (AvgIpc) is 2.62. The molecular formula is C14H21N3O7. The maximum Gasteiger partial charge on any atom is 0.251 e. The molecule has 0 fully saturated rings. The molecule has 134 valence electrons. The van der Waals surface area contributed by atoms with Crippen LogP contribution in [0.1, 0.15) is 20.7 Å². The molecule has 24 heavy (non-hydrogen) atoms. The van der Waals surface area contributed by atoms with Gasteiger partial charge in [-0.25, -0.2) is 0 Å². The number of benzene rings is 1. The average molecular weight is 343 g/mol. The first-order chi connectivity index (χ1) is 11.4. The van der Waals surface area contributed by atoms with Crippen molar-refractivity contribution in [1.82, 2.24) is 10.6 Å². The monoisotopic (exact) mass is 343 g/mol. The lowest BCUT2D eigenvalue weighted by molar-refractivity contribution is 0.0800. The van der Waals surface area contributed by atoms with Crippen molar-refractivity contribution in [2.24, 2.45) is 0 Å². The predicted molar refractivity (Wildman–Crippen MR) is 82.7 cm³/mol. The molecule has 0 bridgehead atoms. The molecule has 10 nitrogen and oxygen atoms in total. The fourth-order valence-electron chi connectivity index (χ4n) is 1.71. The lowest BCUT2D eigenvalue weighted by Gasteiger charge is -2.12. The van der Waals surface area contributed by atoms with E-state index < -0.39 is 37.2 Å². The smallest absolute Gasteiger partial charge is 0.251 e. The minimum Gasteiger partial charge on any atom is -0.394 e. The third-order valence-corrected chi connectivity index (χ3v) is 3.00. The van der Waals surface area contributed by atoms with Crippen molar-refractivity contribution in [3.63, 3.8) is 0 Å². The van der Waals surface area contributed by atoms with Crippen molar-refractivity contribution in [2.75, 3.05) is 31.8 Å². The second kappa shape index (κ2) is 9.80. The molecule has 0 aliphatic heterocycles. The summed E-state index contributed by atoms with van der Waals surface area (Å²) in [4.78, 5) is 24.0. The van der Waals surface area contributed by atoms with Crippen molar-refractivity contribution in [3.05, 3.63) is 29.3 Å². The van der Waals surface area contributed by atoms with E-state index in [1.165, 1.54) is 18.2 Å². The number of hydrogen-bond acceptors (Lipinski definition) is 8. The van der Waals surface area contributed by atoms with Gasteiger partial charge in [0, 0.05) is 24.2 Å². The standard InChI is InChI=1S/C14H21N3O7/c18-6-11(20)4-15-13(22)8-1-9(3-10(2-8)17-24)14(23)16-5-12(21)7-19/h1-3,11-12,17-21,24H,4-7H2,(H,15,22)(H,16,23). The molecule has 8 N–H and O–H groups in total. The Labute approximate surface area is 137 Å². The Kier molecular flexibility index (Phi) is 8.09. The molecule has 2 atom stereocenters. The van der Waals surface area contributed by atoms with Crippen LogP contribution in [0.25, 0.3) is 0 Å². The molecule has 1 rings (SSSR count). The molecule has 0 spiro atoms. The fourth-order valence-corrected chi connectivity index (χ4v) is 1.71. The van der Waals surface area contributed by atoms with Crippen LogP contribution < -0.4 is 16.1 Å². The van der Waals surface area contributed by atoms with E-state index in [-0.39, 0.29) is 29.9 Å². The molecule has 0 aliphatic carbocycles. The first-order valence-corrected chi connectivity index (χ1v) is 7.10. The predicted octanol–water partition coefficient (Wildman–Crippen LogP) is -2.35. The Morgan fingerprint density at radius 3 is 1.62 bits per heavy atom. The van der Waals surface area contributed by atoms with Crippen LogP contribution in [0.3, 0.4) is 0 Å². The van der Waals surface area contributed by atoms with Gasteiger partial charge >= 0.3 is 0 Å². The zero-order chi connectivity index (χ0) is 18.1. The van der Waals surface area contributed by atoms with E-state index >= 15 is 0 Å². The number of anilines is 1. The van der Waals surface area contributed by atoms with Gasteiger partial charge in [0.2, 0.25) is 0 Å². The number of hydrogen-bond donors (Lipinski definition) is 8. The molecule has 0 aliphatic rings. The third-order valence-electron chi connectivity index (χ3n) is 3.00.